The van der Waals surface area contributed by atoms with Crippen LogP contribution in [0.15, 0.2) is 18.2 Å². The highest BCUT2D eigenvalue weighted by Crippen LogP contribution is 2.30. The average molecular weight is 357 g/mol. The number of benzene rings is 1. The number of hydrogen-bond acceptors (Lipinski definition) is 2. The Balaban J connectivity index is 2.24. The van der Waals surface area contributed by atoms with Crippen LogP contribution >= 0.6 is 23.2 Å². The molecule has 0 radical (unpaired) electrons. The number of aromatic nitrogens is 1. The van der Waals surface area contributed by atoms with Crippen LogP contribution in [0.3, 0.4) is 0 Å². The Morgan fingerprint density at radius 2 is 1.91 bits per heavy atom. The molecule has 1 aromatic carbocycles. The molecule has 0 saturated heterocycles. The molecule has 2 rings (SSSR count). The predicted octanol–water partition coefficient (Wildman–Crippen LogP) is 4.10. The van der Waals surface area contributed by atoms with Crippen molar-refractivity contribution in [2.24, 2.45) is 5.41 Å². The predicted molar refractivity (Wildman–Crippen MR) is 91.3 cm³/mol. The van der Waals surface area contributed by atoms with Gasteiger partial charge < -0.3 is 15.4 Å². The lowest BCUT2D eigenvalue weighted by Crippen LogP contribution is -2.42. The topological polar surface area (TPSA) is 82.2 Å². The number of carbonyl (C=O) groups excluding carboxylic acids is 1. The first-order valence-electron chi connectivity index (χ1n) is 7.33. The van der Waals surface area contributed by atoms with E-state index in [4.69, 9.17) is 23.2 Å². The van der Waals surface area contributed by atoms with Gasteiger partial charge in [-0.1, -0.05) is 37.0 Å². The van der Waals surface area contributed by atoms with Gasteiger partial charge in [0.2, 0.25) is 0 Å². The van der Waals surface area contributed by atoms with E-state index in [2.05, 4.69) is 10.3 Å². The van der Waals surface area contributed by atoms with Gasteiger partial charge in [-0.2, -0.15) is 0 Å². The van der Waals surface area contributed by atoms with Gasteiger partial charge in [0.15, 0.2) is 0 Å². The molecule has 0 bridgehead atoms. The number of carboxylic acid groups (broad SMARTS) is 1. The minimum atomic E-state index is -0.975. The van der Waals surface area contributed by atoms with Gasteiger partial charge in [0.05, 0.1) is 10.4 Å². The molecule has 0 spiro atoms. The molecule has 0 saturated carbocycles. The third-order valence-corrected chi connectivity index (χ3v) is 4.95. The standard InChI is InChI=1S/C16H18Cl2N2O3/c1-3-16(4-2,15(22)23)8-19-14(21)13-12(18)10-7-9(17)5-6-11(10)20-13/h5-7,20H,3-4,8H2,1-2H3,(H,19,21)(H,22,23). The summed E-state index contributed by atoms with van der Waals surface area (Å²) in [5.41, 5.74) is -0.0762. The maximum atomic E-state index is 12.4. The summed E-state index contributed by atoms with van der Waals surface area (Å²) in [5.74, 6) is -1.35. The zero-order valence-corrected chi connectivity index (χ0v) is 14.4. The lowest BCUT2D eigenvalue weighted by Gasteiger charge is -2.26. The molecule has 0 aliphatic rings. The third-order valence-electron chi connectivity index (χ3n) is 4.32. The maximum absolute atomic E-state index is 12.4. The minimum absolute atomic E-state index is 0.0423. The number of amides is 1. The Hall–Kier alpha value is -1.72. The van der Waals surface area contributed by atoms with E-state index in [1.54, 1.807) is 32.0 Å². The number of fused-ring (bicyclic) bond motifs is 1. The zero-order chi connectivity index (χ0) is 17.2. The Morgan fingerprint density at radius 1 is 1.26 bits per heavy atom. The van der Waals surface area contributed by atoms with Crippen molar-refractivity contribution < 1.29 is 14.7 Å². The molecule has 3 N–H and O–H groups in total. The lowest BCUT2D eigenvalue weighted by atomic mass is 9.82. The van der Waals surface area contributed by atoms with Crippen molar-refractivity contribution in [1.82, 2.24) is 10.3 Å². The number of nitrogens with one attached hydrogen (secondary N) is 2. The van der Waals surface area contributed by atoms with Gasteiger partial charge >= 0.3 is 5.97 Å². The molecule has 1 amide bonds. The minimum Gasteiger partial charge on any atom is -0.481 e. The quantitative estimate of drug-likeness (QED) is 0.728. The number of aliphatic carboxylic acids is 1. The van der Waals surface area contributed by atoms with Crippen LogP contribution < -0.4 is 5.32 Å². The summed E-state index contributed by atoms with van der Waals surface area (Å²) in [4.78, 5) is 26.8. The number of rotatable bonds is 6. The van der Waals surface area contributed by atoms with Gasteiger partial charge in [-0.15, -0.1) is 0 Å². The monoisotopic (exact) mass is 356 g/mol. The maximum Gasteiger partial charge on any atom is 0.311 e. The molecule has 0 unspecified atom stereocenters. The van der Waals surface area contributed by atoms with Gasteiger partial charge in [-0.05, 0) is 31.0 Å². The van der Waals surface area contributed by atoms with Gasteiger partial charge in [0, 0.05) is 22.5 Å². The molecule has 23 heavy (non-hydrogen) atoms. The SMILES string of the molecule is CCC(CC)(CNC(=O)c1[nH]c2ccc(Cl)cc2c1Cl)C(=O)O. The summed E-state index contributed by atoms with van der Waals surface area (Å²) in [6.07, 6.45) is 0.851. The van der Waals surface area contributed by atoms with E-state index in [9.17, 15) is 14.7 Å². The molecule has 1 aromatic heterocycles. The molecule has 0 aliphatic heterocycles. The number of carbonyl (C=O) groups is 2. The normalized spacial score (nSPS) is 11.7. The first-order chi connectivity index (χ1) is 10.8. The van der Waals surface area contributed by atoms with Crippen LogP contribution in [0.25, 0.3) is 10.9 Å². The van der Waals surface area contributed by atoms with E-state index in [1.165, 1.54) is 0 Å². The highest BCUT2D eigenvalue weighted by molar-refractivity contribution is 6.39. The van der Waals surface area contributed by atoms with Crippen molar-refractivity contribution >= 4 is 46.0 Å². The molecule has 124 valence electrons. The number of H-pyrrole nitrogens is 1. The van der Waals surface area contributed by atoms with E-state index in [0.29, 0.717) is 28.8 Å². The van der Waals surface area contributed by atoms with E-state index in [-0.39, 0.29) is 17.3 Å². The summed E-state index contributed by atoms with van der Waals surface area (Å²) in [7, 11) is 0. The molecule has 0 aliphatic carbocycles. The van der Waals surface area contributed by atoms with Crippen molar-refractivity contribution in [2.45, 2.75) is 26.7 Å². The molecular formula is C16H18Cl2N2O3. The smallest absolute Gasteiger partial charge is 0.311 e. The molecule has 0 atom stereocenters. The van der Waals surface area contributed by atoms with Crippen LogP contribution in [-0.4, -0.2) is 28.5 Å². The Morgan fingerprint density at radius 3 is 2.48 bits per heavy atom. The highest BCUT2D eigenvalue weighted by Gasteiger charge is 2.35. The molecule has 2 aromatic rings. The Labute approximate surface area is 144 Å². The summed E-state index contributed by atoms with van der Waals surface area (Å²) >= 11 is 12.2. The molecule has 7 heteroatoms. The fraction of sp³-hybridized carbons (Fsp3) is 0.375. The van der Waals surface area contributed by atoms with E-state index >= 15 is 0 Å². The van der Waals surface area contributed by atoms with Crippen LogP contribution in [0.2, 0.25) is 10.0 Å². The molecule has 1 heterocycles. The zero-order valence-electron chi connectivity index (χ0n) is 12.9. The van der Waals surface area contributed by atoms with Crippen LogP contribution in [0.4, 0.5) is 0 Å². The number of aromatic amines is 1. The molecule has 5 nitrogen and oxygen atoms in total. The average Bonchev–Trinajstić information content (AvgIpc) is 2.85. The largest absolute Gasteiger partial charge is 0.481 e. The molecular weight excluding hydrogens is 339 g/mol. The summed E-state index contributed by atoms with van der Waals surface area (Å²) < 4.78 is 0. The van der Waals surface area contributed by atoms with Crippen LogP contribution in [0, 0.1) is 5.41 Å². The molecule has 0 fully saturated rings. The van der Waals surface area contributed by atoms with Crippen LogP contribution in [0.1, 0.15) is 37.2 Å². The highest BCUT2D eigenvalue weighted by atomic mass is 35.5. The first kappa shape index (κ1) is 17.6. The Bertz CT molecular complexity index is 751. The van der Waals surface area contributed by atoms with Crippen molar-refractivity contribution in [3.8, 4) is 0 Å². The van der Waals surface area contributed by atoms with E-state index in [0.717, 1.165) is 0 Å². The number of halogens is 2. The van der Waals surface area contributed by atoms with Crippen molar-refractivity contribution in [2.75, 3.05) is 6.54 Å². The number of carboxylic acids is 1. The van der Waals surface area contributed by atoms with Crippen molar-refractivity contribution in [3.63, 3.8) is 0 Å². The lowest BCUT2D eigenvalue weighted by molar-refractivity contribution is -0.149. The fourth-order valence-electron chi connectivity index (χ4n) is 2.50. The second-order valence-corrected chi connectivity index (χ2v) is 6.29. The number of hydrogen-bond donors (Lipinski definition) is 3. The second kappa shape index (κ2) is 6.81. The van der Waals surface area contributed by atoms with Crippen LogP contribution in [0.5, 0.6) is 0 Å². The second-order valence-electron chi connectivity index (χ2n) is 5.48. The van der Waals surface area contributed by atoms with Gasteiger partial charge in [0.1, 0.15) is 5.69 Å². The summed E-state index contributed by atoms with van der Waals surface area (Å²) in [6, 6.07) is 5.11. The van der Waals surface area contributed by atoms with E-state index < -0.39 is 17.3 Å². The fourth-order valence-corrected chi connectivity index (χ4v) is 2.97. The van der Waals surface area contributed by atoms with Crippen LogP contribution in [-0.2, 0) is 4.79 Å². The van der Waals surface area contributed by atoms with Gasteiger partial charge in [0.25, 0.3) is 5.91 Å². The third kappa shape index (κ3) is 3.31. The summed E-state index contributed by atoms with van der Waals surface area (Å²) in [6.45, 7) is 3.63. The summed E-state index contributed by atoms with van der Waals surface area (Å²) in [5, 5.41) is 13.5. The van der Waals surface area contributed by atoms with E-state index in [1.807, 2.05) is 0 Å². The van der Waals surface area contributed by atoms with Gasteiger partial charge in [-0.25, -0.2) is 0 Å². The van der Waals surface area contributed by atoms with Crippen molar-refractivity contribution in [3.05, 3.63) is 33.9 Å². The van der Waals surface area contributed by atoms with Crippen molar-refractivity contribution in [1.29, 1.82) is 0 Å². The Kier molecular flexibility index (Phi) is 5.22. The van der Waals surface area contributed by atoms with Gasteiger partial charge in [-0.3, -0.25) is 9.59 Å². The first-order valence-corrected chi connectivity index (χ1v) is 8.08.